The molecule has 0 radical (unpaired) electrons. The van der Waals surface area contributed by atoms with Crippen LogP contribution in [0.15, 0.2) is 44.5 Å². The van der Waals surface area contributed by atoms with Gasteiger partial charge in [0.25, 0.3) is 21.8 Å². The van der Waals surface area contributed by atoms with E-state index in [9.17, 15) is 21.6 Å². The quantitative estimate of drug-likeness (QED) is 0.334. The molecule has 0 aliphatic rings. The third-order valence-electron chi connectivity index (χ3n) is 4.97. The number of nitrogens with zero attached hydrogens (tertiary/aromatic N) is 1. The second kappa shape index (κ2) is 10.1. The van der Waals surface area contributed by atoms with Crippen LogP contribution in [-0.2, 0) is 20.0 Å². The van der Waals surface area contributed by atoms with E-state index >= 15 is 0 Å². The Morgan fingerprint density at radius 1 is 1.17 bits per heavy atom. The van der Waals surface area contributed by atoms with Gasteiger partial charge in [-0.2, -0.15) is 0 Å². The van der Waals surface area contributed by atoms with Crippen LogP contribution in [0.4, 0.5) is 11.6 Å². The topological polar surface area (TPSA) is 147 Å². The number of rotatable bonds is 9. The van der Waals surface area contributed by atoms with E-state index in [4.69, 9.17) is 16.1 Å². The molecule has 14 heteroatoms. The lowest BCUT2D eigenvalue weighted by molar-refractivity contribution is 0.102. The summed E-state index contributed by atoms with van der Waals surface area (Å²) in [5.41, 5.74) is 1.98. The normalized spacial score (nSPS) is 11.9. The summed E-state index contributed by atoms with van der Waals surface area (Å²) in [5, 5.41) is 7.72. The van der Waals surface area contributed by atoms with Gasteiger partial charge in [-0.05, 0) is 55.8 Å². The molecule has 0 saturated heterocycles. The Hall–Kier alpha value is -2.71. The summed E-state index contributed by atoms with van der Waals surface area (Å²) in [6.07, 6.45) is 1.42. The Labute approximate surface area is 212 Å². The van der Waals surface area contributed by atoms with Gasteiger partial charge in [0.2, 0.25) is 10.0 Å². The first-order valence-electron chi connectivity index (χ1n) is 10.0. The van der Waals surface area contributed by atoms with E-state index in [0.717, 1.165) is 11.3 Å². The highest BCUT2D eigenvalue weighted by Gasteiger charge is 2.28. The first-order chi connectivity index (χ1) is 16.3. The van der Waals surface area contributed by atoms with Crippen LogP contribution >= 0.6 is 22.9 Å². The molecule has 1 amide bonds. The molecule has 0 aliphatic heterocycles. The number of aryl methyl sites for hydroxylation is 3. The zero-order chi connectivity index (χ0) is 26.1. The van der Waals surface area contributed by atoms with Crippen molar-refractivity contribution in [3.8, 4) is 0 Å². The lowest BCUT2D eigenvalue weighted by Gasteiger charge is -2.18. The first kappa shape index (κ1) is 26.9. The molecule has 35 heavy (non-hydrogen) atoms. The number of hydrogen-bond acceptors (Lipinski definition) is 8. The van der Waals surface area contributed by atoms with Gasteiger partial charge < -0.3 is 9.84 Å². The minimum absolute atomic E-state index is 0.000450. The van der Waals surface area contributed by atoms with Crippen molar-refractivity contribution in [2.24, 2.45) is 0 Å². The number of amides is 1. The molecule has 0 fully saturated rings. The number of nitrogens with one attached hydrogen (secondary N) is 3. The van der Waals surface area contributed by atoms with Crippen LogP contribution < -0.4 is 14.8 Å². The van der Waals surface area contributed by atoms with Crippen LogP contribution in [0, 0.1) is 27.7 Å². The molecule has 10 nitrogen and oxygen atoms in total. The second-order valence-corrected chi connectivity index (χ2v) is 12.2. The molecule has 188 valence electrons. The van der Waals surface area contributed by atoms with Crippen molar-refractivity contribution in [3.63, 3.8) is 0 Å². The molecule has 3 rings (SSSR count). The molecule has 0 atom stereocenters. The van der Waals surface area contributed by atoms with E-state index in [0.29, 0.717) is 22.4 Å². The number of thiophene rings is 1. The lowest BCUT2D eigenvalue weighted by Crippen LogP contribution is -2.26. The summed E-state index contributed by atoms with van der Waals surface area (Å²) in [5.74, 6) is -0.994. The minimum Gasteiger partial charge on any atom is -0.336 e. The Bertz CT molecular complexity index is 1520. The highest BCUT2D eigenvalue weighted by atomic mass is 35.5. The number of halogens is 1. The summed E-state index contributed by atoms with van der Waals surface area (Å²) >= 11 is 6.90. The average molecular weight is 559 g/mol. The van der Waals surface area contributed by atoms with Gasteiger partial charge in [0.1, 0.15) is 20.5 Å². The Morgan fingerprint density at radius 3 is 2.46 bits per heavy atom. The number of carbonyl (C=O) groups is 1. The summed E-state index contributed by atoms with van der Waals surface area (Å²) < 4.78 is 61.0. The van der Waals surface area contributed by atoms with Crippen molar-refractivity contribution in [3.05, 3.63) is 62.5 Å². The molecule has 1 aromatic carbocycles. The molecule has 0 spiro atoms. The summed E-state index contributed by atoms with van der Waals surface area (Å²) in [6, 6.07) is 2.90. The Kier molecular flexibility index (Phi) is 7.77. The number of carbonyl (C=O) groups excluding carboxylic acids is 1. The van der Waals surface area contributed by atoms with Crippen LogP contribution in [0.5, 0.6) is 0 Å². The fourth-order valence-electron chi connectivity index (χ4n) is 3.46. The summed E-state index contributed by atoms with van der Waals surface area (Å²) in [6.45, 7) is 10.0. The molecule has 0 saturated carbocycles. The molecule has 0 unspecified atom stereocenters. The average Bonchev–Trinajstić information content (AvgIpc) is 3.38. The Morgan fingerprint density at radius 2 is 1.86 bits per heavy atom. The van der Waals surface area contributed by atoms with Crippen LogP contribution in [0.25, 0.3) is 0 Å². The zero-order valence-electron chi connectivity index (χ0n) is 19.2. The van der Waals surface area contributed by atoms with Crippen LogP contribution in [-0.4, -0.2) is 34.4 Å². The molecule has 2 aromatic heterocycles. The van der Waals surface area contributed by atoms with Gasteiger partial charge >= 0.3 is 0 Å². The SMILES string of the molecule is C=CCNS(=O)(=O)c1c(C)cc(C)c(NC(=O)c2sccc2S(=O)(=O)Nc2onc(C)c2Cl)c1C. The van der Waals surface area contributed by atoms with E-state index in [1.807, 2.05) is 0 Å². The monoisotopic (exact) mass is 558 g/mol. The van der Waals surface area contributed by atoms with Gasteiger partial charge in [-0.1, -0.05) is 28.9 Å². The fraction of sp³-hybridized carbons (Fsp3) is 0.238. The van der Waals surface area contributed by atoms with Crippen molar-refractivity contribution in [2.75, 3.05) is 16.6 Å². The fourth-order valence-corrected chi connectivity index (χ4v) is 7.42. The van der Waals surface area contributed by atoms with Crippen LogP contribution in [0.1, 0.15) is 32.1 Å². The van der Waals surface area contributed by atoms with Crippen molar-refractivity contribution in [2.45, 2.75) is 37.5 Å². The highest BCUT2D eigenvalue weighted by molar-refractivity contribution is 7.93. The van der Waals surface area contributed by atoms with Crippen molar-refractivity contribution < 1.29 is 26.2 Å². The highest BCUT2D eigenvalue weighted by Crippen LogP contribution is 2.33. The van der Waals surface area contributed by atoms with E-state index < -0.39 is 26.0 Å². The predicted molar refractivity (Wildman–Crippen MR) is 135 cm³/mol. The first-order valence-corrected chi connectivity index (χ1v) is 14.3. The van der Waals surface area contributed by atoms with E-state index in [1.165, 1.54) is 17.5 Å². The maximum absolute atomic E-state index is 13.2. The molecule has 3 aromatic rings. The number of anilines is 2. The smallest absolute Gasteiger partial charge is 0.267 e. The van der Waals surface area contributed by atoms with Gasteiger partial charge in [-0.25, -0.2) is 26.3 Å². The summed E-state index contributed by atoms with van der Waals surface area (Å²) in [4.78, 5) is 12.8. The maximum atomic E-state index is 13.2. The van der Waals surface area contributed by atoms with Gasteiger partial charge in [-0.3, -0.25) is 4.79 Å². The van der Waals surface area contributed by atoms with Crippen molar-refractivity contribution in [1.29, 1.82) is 0 Å². The standard InChI is InChI=1S/C21H23ClN4O6S3/c1-6-8-23-35(30,31)19-12(3)10-11(2)17(13(19)4)24-20(27)18-15(7-9-33-18)34(28,29)26-21-16(22)14(5)25-32-21/h6-7,9-10,23,26H,1,8H2,2-5H3,(H,24,27). The molecular weight excluding hydrogens is 536 g/mol. The molecule has 0 aliphatic carbocycles. The molecule has 3 N–H and O–H groups in total. The third kappa shape index (κ3) is 5.43. The van der Waals surface area contributed by atoms with Crippen LogP contribution in [0.2, 0.25) is 5.02 Å². The zero-order valence-corrected chi connectivity index (χ0v) is 22.4. The Balaban J connectivity index is 1.98. The molecule has 2 heterocycles. The molecular formula is C21H23ClN4O6S3. The largest absolute Gasteiger partial charge is 0.336 e. The van der Waals surface area contributed by atoms with Crippen LogP contribution in [0.3, 0.4) is 0 Å². The van der Waals surface area contributed by atoms with E-state index in [1.54, 1.807) is 33.8 Å². The number of hydrogen-bond donors (Lipinski definition) is 3. The second-order valence-electron chi connectivity index (χ2n) is 7.56. The van der Waals surface area contributed by atoms with Gasteiger partial charge in [0.05, 0.1) is 4.90 Å². The van der Waals surface area contributed by atoms with E-state index in [-0.39, 0.29) is 37.8 Å². The lowest BCUT2D eigenvalue weighted by atomic mass is 10.0. The third-order valence-corrected chi connectivity index (χ3v) is 9.54. The van der Waals surface area contributed by atoms with Gasteiger partial charge in [0, 0.05) is 12.2 Å². The molecule has 0 bridgehead atoms. The van der Waals surface area contributed by atoms with Gasteiger partial charge in [0.15, 0.2) is 0 Å². The number of sulfonamides is 2. The van der Waals surface area contributed by atoms with Crippen molar-refractivity contribution in [1.82, 2.24) is 9.88 Å². The summed E-state index contributed by atoms with van der Waals surface area (Å²) in [7, 11) is -8.14. The van der Waals surface area contributed by atoms with E-state index in [2.05, 4.69) is 26.5 Å². The predicted octanol–water partition coefficient (Wildman–Crippen LogP) is 4.14. The maximum Gasteiger partial charge on any atom is 0.267 e. The van der Waals surface area contributed by atoms with Gasteiger partial charge in [-0.15, -0.1) is 17.9 Å². The minimum atomic E-state index is -4.25. The number of benzene rings is 1. The van der Waals surface area contributed by atoms with Crippen molar-refractivity contribution >= 4 is 60.5 Å². The number of aromatic nitrogens is 1.